The molecule has 1 rings (SSSR count). The number of carbonyl (C=O) groups is 1. The molecule has 0 unspecified atom stereocenters. The third-order valence-corrected chi connectivity index (χ3v) is 4.30. The van der Waals surface area contributed by atoms with Gasteiger partial charge in [0.05, 0.1) is 9.75 Å². The highest BCUT2D eigenvalue weighted by atomic mass is 32.1. The molecule has 0 aliphatic heterocycles. The molecule has 0 aliphatic carbocycles. The second-order valence-electron chi connectivity index (χ2n) is 5.45. The van der Waals surface area contributed by atoms with Crippen LogP contribution in [0.5, 0.6) is 0 Å². The van der Waals surface area contributed by atoms with E-state index in [1.54, 1.807) is 0 Å². The molecule has 0 fully saturated rings. The molecule has 3 nitrogen and oxygen atoms in total. The fourth-order valence-corrected chi connectivity index (χ4v) is 3.15. The molecule has 0 saturated carbocycles. The monoisotopic (exact) mass is 307 g/mol. The summed E-state index contributed by atoms with van der Waals surface area (Å²) in [5.41, 5.74) is 0. The van der Waals surface area contributed by atoms with Gasteiger partial charge in [0, 0.05) is 12.6 Å². The molecular formula is C17H25NO2S. The van der Waals surface area contributed by atoms with E-state index in [0.717, 1.165) is 29.1 Å². The highest BCUT2D eigenvalue weighted by molar-refractivity contribution is 7.14. The molecule has 0 bridgehead atoms. The van der Waals surface area contributed by atoms with Gasteiger partial charge >= 0.3 is 0 Å². The lowest BCUT2D eigenvalue weighted by atomic mass is 10.1. The molecule has 1 aromatic rings. The van der Waals surface area contributed by atoms with Crippen LogP contribution in [0.4, 0.5) is 0 Å². The minimum atomic E-state index is -0.158. The van der Waals surface area contributed by atoms with Gasteiger partial charge in [-0.05, 0) is 30.9 Å². The Kier molecular flexibility index (Phi) is 7.49. The van der Waals surface area contributed by atoms with Crippen molar-refractivity contribution in [3.63, 3.8) is 0 Å². The molecule has 1 heterocycles. The van der Waals surface area contributed by atoms with Crippen molar-refractivity contribution in [2.45, 2.75) is 46.6 Å². The Morgan fingerprint density at radius 1 is 1.33 bits per heavy atom. The Balaban J connectivity index is 2.96. The van der Waals surface area contributed by atoms with Crippen molar-refractivity contribution in [2.75, 3.05) is 13.2 Å². The van der Waals surface area contributed by atoms with E-state index in [1.165, 1.54) is 11.3 Å². The van der Waals surface area contributed by atoms with Crippen LogP contribution >= 0.6 is 11.3 Å². The zero-order valence-electron chi connectivity index (χ0n) is 13.3. The number of hydrogen-bond donors (Lipinski definition) is 1. The smallest absolute Gasteiger partial charge is 0.264 e. The number of aliphatic hydroxyl groups excluding tert-OH is 1. The first-order valence-corrected chi connectivity index (χ1v) is 8.35. The van der Waals surface area contributed by atoms with E-state index in [4.69, 9.17) is 5.11 Å². The molecule has 116 valence electrons. The number of rotatable bonds is 6. The Hall–Kier alpha value is -1.31. The second kappa shape index (κ2) is 8.86. The molecule has 1 aromatic heterocycles. The maximum absolute atomic E-state index is 12.8. The van der Waals surface area contributed by atoms with Crippen molar-refractivity contribution in [1.82, 2.24) is 4.90 Å². The van der Waals surface area contributed by atoms with Gasteiger partial charge in [0.25, 0.3) is 5.91 Å². The van der Waals surface area contributed by atoms with E-state index < -0.39 is 0 Å². The summed E-state index contributed by atoms with van der Waals surface area (Å²) in [5.74, 6) is 6.01. The Morgan fingerprint density at radius 2 is 2.00 bits per heavy atom. The van der Waals surface area contributed by atoms with Gasteiger partial charge < -0.3 is 10.0 Å². The number of aliphatic hydroxyl groups is 1. The highest BCUT2D eigenvalue weighted by Crippen LogP contribution is 2.21. The van der Waals surface area contributed by atoms with Crippen molar-refractivity contribution in [2.24, 2.45) is 5.92 Å². The van der Waals surface area contributed by atoms with Crippen molar-refractivity contribution in [3.05, 3.63) is 21.9 Å². The molecular weight excluding hydrogens is 282 g/mol. The second-order valence-corrected chi connectivity index (χ2v) is 6.53. The maximum atomic E-state index is 12.8. The van der Waals surface area contributed by atoms with Crippen LogP contribution in [-0.4, -0.2) is 35.1 Å². The van der Waals surface area contributed by atoms with Gasteiger partial charge in [0.15, 0.2) is 0 Å². The van der Waals surface area contributed by atoms with Crippen LogP contribution in [0.3, 0.4) is 0 Å². The van der Waals surface area contributed by atoms with Gasteiger partial charge in [-0.25, -0.2) is 0 Å². The molecule has 1 amide bonds. The zero-order valence-corrected chi connectivity index (χ0v) is 14.2. The fourth-order valence-electron chi connectivity index (χ4n) is 2.31. The summed E-state index contributed by atoms with van der Waals surface area (Å²) in [7, 11) is 0. The quantitative estimate of drug-likeness (QED) is 0.819. The lowest BCUT2D eigenvalue weighted by Crippen LogP contribution is -2.41. The lowest BCUT2D eigenvalue weighted by Gasteiger charge is -2.31. The summed E-state index contributed by atoms with van der Waals surface area (Å²) in [4.78, 5) is 16.3. The molecule has 4 heteroatoms. The van der Waals surface area contributed by atoms with E-state index in [1.807, 2.05) is 17.0 Å². The van der Waals surface area contributed by atoms with Crippen molar-refractivity contribution >= 4 is 17.2 Å². The van der Waals surface area contributed by atoms with Crippen LogP contribution in [0, 0.1) is 17.8 Å². The van der Waals surface area contributed by atoms with Crippen LogP contribution in [0.1, 0.15) is 55.1 Å². The Labute approximate surface area is 132 Å². The van der Waals surface area contributed by atoms with Gasteiger partial charge in [-0.3, -0.25) is 4.79 Å². The van der Waals surface area contributed by atoms with Crippen molar-refractivity contribution in [1.29, 1.82) is 0 Å². The van der Waals surface area contributed by atoms with Crippen LogP contribution in [0.2, 0.25) is 0 Å². The number of carbonyl (C=O) groups excluding carboxylic acids is 1. The van der Waals surface area contributed by atoms with Gasteiger partial charge in [0.2, 0.25) is 0 Å². The first-order valence-electron chi connectivity index (χ1n) is 7.53. The largest absolute Gasteiger partial charge is 0.384 e. The van der Waals surface area contributed by atoms with Crippen LogP contribution in [0.25, 0.3) is 0 Å². The number of hydrogen-bond acceptors (Lipinski definition) is 3. The summed E-state index contributed by atoms with van der Waals surface area (Å²) in [6, 6.07) is 3.97. The van der Waals surface area contributed by atoms with Crippen molar-refractivity contribution < 1.29 is 9.90 Å². The molecule has 0 atom stereocenters. The average Bonchev–Trinajstić information content (AvgIpc) is 2.93. The predicted octanol–water partition coefficient (Wildman–Crippen LogP) is 3.38. The van der Waals surface area contributed by atoms with E-state index in [-0.39, 0.29) is 18.6 Å². The SMILES string of the molecule is CCC(CC)N(CC(C)C)C(=O)c1ccc(C#CCO)s1. The summed E-state index contributed by atoms with van der Waals surface area (Å²) < 4.78 is 0. The number of amides is 1. The van der Waals surface area contributed by atoms with Crippen LogP contribution in [0.15, 0.2) is 12.1 Å². The minimum Gasteiger partial charge on any atom is -0.384 e. The first-order chi connectivity index (χ1) is 10.0. The maximum Gasteiger partial charge on any atom is 0.264 e. The normalized spacial score (nSPS) is 10.6. The summed E-state index contributed by atoms with van der Waals surface area (Å²) in [5, 5.41) is 8.72. The topological polar surface area (TPSA) is 40.5 Å². The van der Waals surface area contributed by atoms with Gasteiger partial charge in [-0.15, -0.1) is 11.3 Å². The molecule has 1 N–H and O–H groups in total. The van der Waals surface area contributed by atoms with Gasteiger partial charge in [0.1, 0.15) is 6.61 Å². The van der Waals surface area contributed by atoms with Crippen LogP contribution < -0.4 is 0 Å². The summed E-state index contributed by atoms with van der Waals surface area (Å²) in [6.07, 6.45) is 1.94. The molecule has 0 aromatic carbocycles. The van der Waals surface area contributed by atoms with E-state index in [9.17, 15) is 4.79 Å². The number of thiophene rings is 1. The predicted molar refractivity (Wildman–Crippen MR) is 88.5 cm³/mol. The Bertz CT molecular complexity index is 506. The lowest BCUT2D eigenvalue weighted by molar-refractivity contribution is 0.0645. The zero-order chi connectivity index (χ0) is 15.8. The number of nitrogens with zero attached hydrogens (tertiary/aromatic N) is 1. The summed E-state index contributed by atoms with van der Waals surface area (Å²) >= 11 is 1.40. The molecule has 0 aliphatic rings. The standard InChI is InChI=1S/C17H25NO2S/c1-5-14(6-2)18(12-13(3)4)17(20)16-10-9-15(21-16)8-7-11-19/h9-10,13-14,19H,5-6,11-12H2,1-4H3. The third kappa shape index (κ3) is 5.18. The molecule has 0 radical (unpaired) electrons. The van der Waals surface area contributed by atoms with E-state index >= 15 is 0 Å². The minimum absolute atomic E-state index is 0.0967. The summed E-state index contributed by atoms with van der Waals surface area (Å²) in [6.45, 7) is 9.14. The van der Waals surface area contributed by atoms with Crippen LogP contribution in [-0.2, 0) is 0 Å². The highest BCUT2D eigenvalue weighted by Gasteiger charge is 2.24. The van der Waals surface area contributed by atoms with E-state index in [2.05, 4.69) is 39.5 Å². The molecule has 0 saturated heterocycles. The van der Waals surface area contributed by atoms with Crippen molar-refractivity contribution in [3.8, 4) is 11.8 Å². The third-order valence-electron chi connectivity index (χ3n) is 3.31. The Morgan fingerprint density at radius 3 is 2.52 bits per heavy atom. The van der Waals surface area contributed by atoms with Gasteiger partial charge in [-0.2, -0.15) is 0 Å². The molecule has 21 heavy (non-hydrogen) atoms. The van der Waals surface area contributed by atoms with E-state index in [0.29, 0.717) is 5.92 Å². The fraction of sp³-hybridized carbons (Fsp3) is 0.588. The molecule has 0 spiro atoms. The average molecular weight is 307 g/mol. The van der Waals surface area contributed by atoms with Gasteiger partial charge in [-0.1, -0.05) is 39.5 Å². The first kappa shape index (κ1) is 17.7.